The number of nitrogens with zero attached hydrogens (tertiary/aromatic N) is 3. The van der Waals surface area contributed by atoms with Crippen LogP contribution in [0.4, 0.5) is 5.88 Å². The zero-order valence-corrected chi connectivity index (χ0v) is 13.2. The van der Waals surface area contributed by atoms with Gasteiger partial charge in [-0.1, -0.05) is 39.3 Å². The summed E-state index contributed by atoms with van der Waals surface area (Å²) in [4.78, 5) is 0. The van der Waals surface area contributed by atoms with Crippen molar-refractivity contribution in [3.8, 4) is 22.4 Å². The maximum absolute atomic E-state index is 5.98. The minimum absolute atomic E-state index is 0.283. The molecule has 0 saturated carbocycles. The molecule has 2 aromatic heterocycles. The third-order valence-corrected chi connectivity index (χ3v) is 3.91. The number of rotatable bonds is 2. The molecule has 0 aliphatic rings. The average Bonchev–Trinajstić information content (AvgIpc) is 2.84. The Kier molecular flexibility index (Phi) is 3.47. The second kappa shape index (κ2) is 5.29. The monoisotopic (exact) mass is 344 g/mol. The van der Waals surface area contributed by atoms with Gasteiger partial charge in [0.25, 0.3) is 0 Å². The molecule has 0 spiro atoms. The van der Waals surface area contributed by atoms with Crippen LogP contribution in [0.3, 0.4) is 0 Å². The topological polar surface area (TPSA) is 77.8 Å². The van der Waals surface area contributed by atoms with Gasteiger partial charge in [0.1, 0.15) is 5.69 Å². The molecule has 6 heteroatoms. The van der Waals surface area contributed by atoms with Crippen LogP contribution >= 0.6 is 15.9 Å². The van der Waals surface area contributed by atoms with Crippen molar-refractivity contribution in [3.63, 3.8) is 0 Å². The van der Waals surface area contributed by atoms with Crippen LogP contribution in [0.5, 0.6) is 0 Å². The first kappa shape index (κ1) is 13.8. The smallest absolute Gasteiger partial charge is 0.230 e. The van der Waals surface area contributed by atoms with Crippen molar-refractivity contribution in [2.75, 3.05) is 5.73 Å². The van der Waals surface area contributed by atoms with Crippen molar-refractivity contribution in [1.82, 2.24) is 15.4 Å². The van der Waals surface area contributed by atoms with Crippen molar-refractivity contribution in [3.05, 3.63) is 46.2 Å². The van der Waals surface area contributed by atoms with Gasteiger partial charge in [-0.15, -0.1) is 0 Å². The van der Waals surface area contributed by atoms with Crippen molar-refractivity contribution < 1.29 is 4.52 Å². The fourth-order valence-electron chi connectivity index (χ4n) is 2.20. The third kappa shape index (κ3) is 2.42. The van der Waals surface area contributed by atoms with Gasteiger partial charge in [-0.2, -0.15) is 10.2 Å². The lowest BCUT2D eigenvalue weighted by Gasteiger charge is -2.07. The Labute approximate surface area is 130 Å². The number of aromatic nitrogens is 3. The highest BCUT2D eigenvalue weighted by molar-refractivity contribution is 9.10. The summed E-state index contributed by atoms with van der Waals surface area (Å²) in [6.07, 6.45) is 0. The van der Waals surface area contributed by atoms with Gasteiger partial charge in [0.2, 0.25) is 5.88 Å². The normalized spacial score (nSPS) is 10.8. The third-order valence-electron chi connectivity index (χ3n) is 3.22. The molecule has 0 amide bonds. The van der Waals surface area contributed by atoms with Crippen molar-refractivity contribution >= 4 is 21.8 Å². The Morgan fingerprint density at radius 1 is 1.10 bits per heavy atom. The van der Waals surface area contributed by atoms with Crippen molar-refractivity contribution in [2.45, 2.75) is 13.8 Å². The largest absolute Gasteiger partial charge is 0.367 e. The van der Waals surface area contributed by atoms with Gasteiger partial charge in [0.15, 0.2) is 0 Å². The number of aryl methyl sites for hydroxylation is 2. The SMILES string of the molecule is Cc1cc(-c2noc(N)c2-c2ccccc2Br)c(C)nn1. The highest BCUT2D eigenvalue weighted by Gasteiger charge is 2.21. The Morgan fingerprint density at radius 3 is 2.62 bits per heavy atom. The average molecular weight is 345 g/mol. The Bertz CT molecular complexity index is 813. The summed E-state index contributed by atoms with van der Waals surface area (Å²) >= 11 is 3.54. The summed E-state index contributed by atoms with van der Waals surface area (Å²) in [6, 6.07) is 9.74. The van der Waals surface area contributed by atoms with Crippen LogP contribution in [-0.2, 0) is 0 Å². The molecule has 0 unspecified atom stereocenters. The number of hydrogen-bond acceptors (Lipinski definition) is 5. The van der Waals surface area contributed by atoms with E-state index < -0.39 is 0 Å². The van der Waals surface area contributed by atoms with Crippen LogP contribution in [0.15, 0.2) is 39.3 Å². The summed E-state index contributed by atoms with van der Waals surface area (Å²) in [5, 5.41) is 12.3. The molecule has 0 aliphatic carbocycles. The molecule has 1 aromatic carbocycles. The summed E-state index contributed by atoms with van der Waals surface area (Å²) in [7, 11) is 0. The summed E-state index contributed by atoms with van der Waals surface area (Å²) in [6.45, 7) is 3.77. The fraction of sp³-hybridized carbons (Fsp3) is 0.133. The molecule has 2 N–H and O–H groups in total. The van der Waals surface area contributed by atoms with Gasteiger partial charge in [0, 0.05) is 15.6 Å². The Balaban J connectivity index is 2.27. The van der Waals surface area contributed by atoms with E-state index in [9.17, 15) is 0 Å². The van der Waals surface area contributed by atoms with Gasteiger partial charge in [-0.3, -0.25) is 0 Å². The molecule has 106 valence electrons. The first-order chi connectivity index (χ1) is 10.1. The summed E-state index contributed by atoms with van der Waals surface area (Å²) in [5.74, 6) is 0.283. The predicted molar refractivity (Wildman–Crippen MR) is 84.6 cm³/mol. The lowest BCUT2D eigenvalue weighted by atomic mass is 10.0. The molecule has 0 aliphatic heterocycles. The van der Waals surface area contributed by atoms with E-state index in [4.69, 9.17) is 10.3 Å². The van der Waals surface area contributed by atoms with Crippen LogP contribution in [0.2, 0.25) is 0 Å². The molecule has 0 radical (unpaired) electrons. The Hall–Kier alpha value is -2.21. The zero-order valence-electron chi connectivity index (χ0n) is 11.6. The molecule has 21 heavy (non-hydrogen) atoms. The van der Waals surface area contributed by atoms with Gasteiger partial charge < -0.3 is 10.3 Å². The molecule has 0 atom stereocenters. The molecule has 0 saturated heterocycles. The minimum atomic E-state index is 0.283. The number of anilines is 1. The van der Waals surface area contributed by atoms with Crippen LogP contribution in [-0.4, -0.2) is 15.4 Å². The molecule has 0 bridgehead atoms. The summed E-state index contributed by atoms with van der Waals surface area (Å²) in [5.41, 5.74) is 10.8. The van der Waals surface area contributed by atoms with Crippen LogP contribution < -0.4 is 5.73 Å². The van der Waals surface area contributed by atoms with Crippen LogP contribution in [0.25, 0.3) is 22.4 Å². The fourth-order valence-corrected chi connectivity index (χ4v) is 2.68. The molecule has 3 aromatic rings. The second-order valence-electron chi connectivity index (χ2n) is 4.74. The molecular weight excluding hydrogens is 332 g/mol. The first-order valence-electron chi connectivity index (χ1n) is 6.39. The number of hydrogen-bond donors (Lipinski definition) is 1. The number of benzene rings is 1. The number of nitrogens with two attached hydrogens (primary N) is 1. The van der Waals surface area contributed by atoms with E-state index in [-0.39, 0.29) is 5.88 Å². The zero-order chi connectivity index (χ0) is 15.0. The highest BCUT2D eigenvalue weighted by atomic mass is 79.9. The maximum Gasteiger partial charge on any atom is 0.230 e. The first-order valence-corrected chi connectivity index (χ1v) is 7.18. The molecule has 5 nitrogen and oxygen atoms in total. The van der Waals surface area contributed by atoms with E-state index in [0.29, 0.717) is 5.69 Å². The summed E-state index contributed by atoms with van der Waals surface area (Å²) < 4.78 is 6.14. The standard InChI is InChI=1S/C15H13BrN4O/c1-8-7-11(9(2)19-18-8)14-13(15(17)21-20-14)10-5-3-4-6-12(10)16/h3-7H,17H2,1-2H3. The lowest BCUT2D eigenvalue weighted by Crippen LogP contribution is -1.96. The maximum atomic E-state index is 5.98. The van der Waals surface area contributed by atoms with Gasteiger partial charge >= 0.3 is 0 Å². The number of nitrogen functional groups attached to an aromatic ring is 1. The van der Waals surface area contributed by atoms with E-state index in [1.807, 2.05) is 44.2 Å². The highest BCUT2D eigenvalue weighted by Crippen LogP contribution is 2.40. The Morgan fingerprint density at radius 2 is 1.86 bits per heavy atom. The molecule has 3 rings (SSSR count). The van der Waals surface area contributed by atoms with E-state index in [2.05, 4.69) is 31.3 Å². The number of halogens is 1. The van der Waals surface area contributed by atoms with Crippen LogP contribution in [0.1, 0.15) is 11.4 Å². The molecule has 2 heterocycles. The van der Waals surface area contributed by atoms with Crippen LogP contribution in [0, 0.1) is 13.8 Å². The van der Waals surface area contributed by atoms with Gasteiger partial charge in [-0.25, -0.2) is 0 Å². The van der Waals surface area contributed by atoms with E-state index in [1.54, 1.807) is 0 Å². The minimum Gasteiger partial charge on any atom is -0.367 e. The van der Waals surface area contributed by atoms with E-state index >= 15 is 0 Å². The van der Waals surface area contributed by atoms with Gasteiger partial charge in [0.05, 0.1) is 17.0 Å². The molecule has 0 fully saturated rings. The predicted octanol–water partition coefficient (Wildman–Crippen LogP) is 3.76. The molecular formula is C15H13BrN4O. The quantitative estimate of drug-likeness (QED) is 0.765. The van der Waals surface area contributed by atoms with Gasteiger partial charge in [-0.05, 0) is 26.0 Å². The second-order valence-corrected chi connectivity index (χ2v) is 5.59. The van der Waals surface area contributed by atoms with Crippen molar-refractivity contribution in [1.29, 1.82) is 0 Å². The van der Waals surface area contributed by atoms with E-state index in [0.717, 1.165) is 32.6 Å². The van der Waals surface area contributed by atoms with E-state index in [1.165, 1.54) is 0 Å². The lowest BCUT2D eigenvalue weighted by molar-refractivity contribution is 0.439. The van der Waals surface area contributed by atoms with Crippen molar-refractivity contribution in [2.24, 2.45) is 0 Å².